The summed E-state index contributed by atoms with van der Waals surface area (Å²) in [5, 5.41) is 20.3. The van der Waals surface area contributed by atoms with Crippen molar-refractivity contribution in [1.29, 1.82) is 0 Å². The molecule has 0 aromatic rings. The first-order valence-corrected chi connectivity index (χ1v) is 4.97. The number of amides is 1. The molecule has 1 rings (SSSR count). The fraction of sp³-hybridized carbons (Fsp3) is 0.889. The Labute approximate surface area is 88.2 Å². The lowest BCUT2D eigenvalue weighted by atomic mass is 9.91. The number of alkyl carbamates (subject to hydrolysis) is 1. The molecule has 1 heterocycles. The van der Waals surface area contributed by atoms with Gasteiger partial charge in [0.25, 0.3) is 0 Å². The molecule has 0 radical (unpaired) electrons. The van der Waals surface area contributed by atoms with Gasteiger partial charge in [-0.3, -0.25) is 0 Å². The van der Waals surface area contributed by atoms with Crippen LogP contribution in [0.5, 0.6) is 0 Å². The number of rotatable bonds is 4. The van der Waals surface area contributed by atoms with Crippen molar-refractivity contribution in [3.63, 3.8) is 0 Å². The first-order valence-electron chi connectivity index (χ1n) is 4.97. The summed E-state index contributed by atoms with van der Waals surface area (Å²) in [4.78, 5) is 11.2. The maximum absolute atomic E-state index is 11.2. The van der Waals surface area contributed by atoms with Crippen LogP contribution in [0.4, 0.5) is 4.79 Å². The third-order valence-electron chi connectivity index (χ3n) is 2.44. The number of aliphatic hydroxyl groups is 2. The summed E-state index contributed by atoms with van der Waals surface area (Å²) in [6.07, 6.45) is 0.523. The molecule has 0 spiro atoms. The van der Waals surface area contributed by atoms with E-state index >= 15 is 0 Å². The zero-order valence-corrected chi connectivity index (χ0v) is 8.57. The zero-order chi connectivity index (χ0) is 11.1. The fourth-order valence-corrected chi connectivity index (χ4v) is 1.48. The van der Waals surface area contributed by atoms with Crippen LogP contribution < -0.4 is 5.32 Å². The van der Waals surface area contributed by atoms with E-state index in [9.17, 15) is 9.90 Å². The molecule has 1 amide bonds. The fourth-order valence-electron chi connectivity index (χ4n) is 1.48. The predicted molar refractivity (Wildman–Crippen MR) is 51.4 cm³/mol. The average Bonchev–Trinajstić information content (AvgIpc) is 2.27. The molecule has 1 aliphatic heterocycles. The van der Waals surface area contributed by atoms with Gasteiger partial charge >= 0.3 is 6.09 Å². The summed E-state index contributed by atoms with van der Waals surface area (Å²) < 4.78 is 9.81. The molecular weight excluding hydrogens is 202 g/mol. The van der Waals surface area contributed by atoms with Gasteiger partial charge in [-0.1, -0.05) is 0 Å². The van der Waals surface area contributed by atoms with Crippen molar-refractivity contribution in [2.24, 2.45) is 0 Å². The van der Waals surface area contributed by atoms with E-state index in [-0.39, 0.29) is 19.8 Å². The average molecular weight is 219 g/mol. The molecule has 0 aliphatic carbocycles. The summed E-state index contributed by atoms with van der Waals surface area (Å²) in [6, 6.07) is 0. The molecule has 6 heteroatoms. The van der Waals surface area contributed by atoms with Crippen molar-refractivity contribution in [2.45, 2.75) is 18.4 Å². The topological polar surface area (TPSA) is 88.0 Å². The quantitative estimate of drug-likeness (QED) is 0.579. The van der Waals surface area contributed by atoms with Gasteiger partial charge in [0.1, 0.15) is 6.61 Å². The Morgan fingerprint density at radius 3 is 2.60 bits per heavy atom. The summed E-state index contributed by atoms with van der Waals surface area (Å²) in [6.45, 7) is 0.652. The second kappa shape index (κ2) is 5.89. The summed E-state index contributed by atoms with van der Waals surface area (Å²) >= 11 is 0. The van der Waals surface area contributed by atoms with Gasteiger partial charge in [0.05, 0.1) is 18.8 Å². The Bertz CT molecular complexity index is 203. The lowest BCUT2D eigenvalue weighted by Crippen LogP contribution is -2.54. The van der Waals surface area contributed by atoms with E-state index in [1.165, 1.54) is 0 Å². The molecule has 0 aromatic carbocycles. The van der Waals surface area contributed by atoms with Crippen LogP contribution in [0.1, 0.15) is 12.8 Å². The number of nitrogens with one attached hydrogen (secondary N) is 1. The molecule has 0 bridgehead atoms. The lowest BCUT2D eigenvalue weighted by Gasteiger charge is -2.35. The Balaban J connectivity index is 2.40. The van der Waals surface area contributed by atoms with Crippen molar-refractivity contribution in [1.82, 2.24) is 5.32 Å². The zero-order valence-electron chi connectivity index (χ0n) is 8.57. The van der Waals surface area contributed by atoms with Crippen LogP contribution >= 0.6 is 0 Å². The van der Waals surface area contributed by atoms with Crippen molar-refractivity contribution in [3.8, 4) is 0 Å². The molecule has 3 N–H and O–H groups in total. The van der Waals surface area contributed by atoms with Crippen molar-refractivity contribution in [2.75, 3.05) is 33.0 Å². The molecule has 1 aliphatic rings. The molecule has 1 fully saturated rings. The maximum Gasteiger partial charge on any atom is 0.407 e. The standard InChI is InChI=1S/C9H17NO5/c11-3-6-15-8(13)10-9(7-12)1-4-14-5-2-9/h11-12H,1-7H2,(H,10,13). The van der Waals surface area contributed by atoms with Crippen molar-refractivity contribution in [3.05, 3.63) is 0 Å². The molecular formula is C9H17NO5. The van der Waals surface area contributed by atoms with Crippen LogP contribution in [0.3, 0.4) is 0 Å². The number of carbonyl (C=O) groups excluding carboxylic acids is 1. The Kier molecular flexibility index (Phi) is 4.80. The molecule has 0 unspecified atom stereocenters. The molecule has 88 valence electrons. The van der Waals surface area contributed by atoms with Crippen LogP contribution in [-0.4, -0.2) is 54.9 Å². The van der Waals surface area contributed by atoms with Crippen molar-refractivity contribution >= 4 is 6.09 Å². The largest absolute Gasteiger partial charge is 0.447 e. The van der Waals surface area contributed by atoms with Gasteiger partial charge in [-0.25, -0.2) is 4.79 Å². The molecule has 1 saturated heterocycles. The van der Waals surface area contributed by atoms with Gasteiger partial charge in [-0.15, -0.1) is 0 Å². The van der Waals surface area contributed by atoms with E-state index in [4.69, 9.17) is 9.84 Å². The second-order valence-corrected chi connectivity index (χ2v) is 3.54. The van der Waals surface area contributed by atoms with Gasteiger partial charge in [0, 0.05) is 13.2 Å². The van der Waals surface area contributed by atoms with Gasteiger partial charge in [0.2, 0.25) is 0 Å². The minimum Gasteiger partial charge on any atom is -0.447 e. The minimum atomic E-state index is -0.634. The van der Waals surface area contributed by atoms with Crippen LogP contribution in [-0.2, 0) is 9.47 Å². The van der Waals surface area contributed by atoms with Crippen LogP contribution in [0.15, 0.2) is 0 Å². The van der Waals surface area contributed by atoms with Crippen LogP contribution in [0, 0.1) is 0 Å². The van der Waals surface area contributed by atoms with Gasteiger partial charge in [-0.05, 0) is 12.8 Å². The van der Waals surface area contributed by atoms with E-state index in [0.717, 1.165) is 0 Å². The van der Waals surface area contributed by atoms with Crippen LogP contribution in [0.2, 0.25) is 0 Å². The summed E-state index contributed by atoms with van der Waals surface area (Å²) in [5.74, 6) is 0. The monoisotopic (exact) mass is 219 g/mol. The Hall–Kier alpha value is -0.850. The van der Waals surface area contributed by atoms with Gasteiger partial charge in [0.15, 0.2) is 0 Å². The normalized spacial score (nSPS) is 19.6. The van der Waals surface area contributed by atoms with Gasteiger partial charge in [-0.2, -0.15) is 0 Å². The second-order valence-electron chi connectivity index (χ2n) is 3.54. The molecule has 15 heavy (non-hydrogen) atoms. The van der Waals surface area contributed by atoms with E-state index in [1.54, 1.807) is 0 Å². The Morgan fingerprint density at radius 1 is 1.40 bits per heavy atom. The predicted octanol–water partition coefficient (Wildman–Crippen LogP) is -0.754. The first kappa shape index (κ1) is 12.2. The maximum atomic E-state index is 11.2. The van der Waals surface area contributed by atoms with Crippen molar-refractivity contribution < 1.29 is 24.5 Å². The van der Waals surface area contributed by atoms with E-state index in [1.807, 2.05) is 0 Å². The first-order chi connectivity index (χ1) is 7.22. The van der Waals surface area contributed by atoms with Gasteiger partial charge < -0.3 is 25.0 Å². The minimum absolute atomic E-state index is 0.0379. The lowest BCUT2D eigenvalue weighted by molar-refractivity contribution is 0.00966. The smallest absolute Gasteiger partial charge is 0.407 e. The van der Waals surface area contributed by atoms with E-state index in [0.29, 0.717) is 26.1 Å². The molecule has 0 saturated carbocycles. The number of hydrogen-bond donors (Lipinski definition) is 3. The highest BCUT2D eigenvalue weighted by Crippen LogP contribution is 2.19. The number of hydrogen-bond acceptors (Lipinski definition) is 5. The SMILES string of the molecule is O=C(NC1(CO)CCOCC1)OCCO. The number of carbonyl (C=O) groups is 1. The number of aliphatic hydroxyl groups excluding tert-OH is 2. The summed E-state index contributed by atoms with van der Waals surface area (Å²) in [7, 11) is 0. The molecule has 0 atom stereocenters. The highest BCUT2D eigenvalue weighted by atomic mass is 16.6. The number of ether oxygens (including phenoxy) is 2. The third-order valence-corrected chi connectivity index (χ3v) is 2.44. The highest BCUT2D eigenvalue weighted by Gasteiger charge is 2.33. The van der Waals surface area contributed by atoms with E-state index in [2.05, 4.69) is 10.1 Å². The van der Waals surface area contributed by atoms with E-state index < -0.39 is 11.6 Å². The van der Waals surface area contributed by atoms with Crippen LogP contribution in [0.25, 0.3) is 0 Å². The molecule has 6 nitrogen and oxygen atoms in total. The molecule has 0 aromatic heterocycles. The summed E-state index contributed by atoms with van der Waals surface area (Å²) in [5.41, 5.74) is -0.634. The highest BCUT2D eigenvalue weighted by molar-refractivity contribution is 5.68. The Morgan fingerprint density at radius 2 is 2.07 bits per heavy atom. The third kappa shape index (κ3) is 3.65.